The number of thioether (sulfide) groups is 1. The highest BCUT2D eigenvalue weighted by atomic mass is 32.2. The fourth-order valence-electron chi connectivity index (χ4n) is 5.41. The van der Waals surface area contributed by atoms with E-state index in [2.05, 4.69) is 16.0 Å². The molecule has 7 heteroatoms. The summed E-state index contributed by atoms with van der Waals surface area (Å²) in [6, 6.07) is 45.4. The highest BCUT2D eigenvalue weighted by molar-refractivity contribution is 8.00. The molecular formula is C42H35N3O3S. The first kappa shape index (κ1) is 33.0. The molecule has 6 rings (SSSR count). The first-order valence-corrected chi connectivity index (χ1v) is 16.8. The SMILES string of the molecule is Cc1cccc(NC(=O)C(Sc2ccc(NC(=O)/C(=C/c3cccc4ccccc34)NC(=O)c3ccccc3)cc2)c2ccccc2)c1C. The molecule has 0 fully saturated rings. The standard InChI is InChI=1S/C42H35N3O3S/c1-28-13-11-22-37(29(28)2)44-42(48)39(31-15-5-3-6-16-31)49-35-25-23-34(24-26-35)43-41(47)38(45-40(46)32-17-7-4-8-18-32)27-33-20-12-19-30-14-9-10-21-36(30)33/h3-27,39H,1-2H3,(H,43,47)(H,44,48)(H,45,46)/b38-27-. The van der Waals surface area contributed by atoms with Gasteiger partial charge in [-0.05, 0) is 95.4 Å². The Morgan fingerprint density at radius 1 is 0.653 bits per heavy atom. The summed E-state index contributed by atoms with van der Waals surface area (Å²) in [7, 11) is 0. The van der Waals surface area contributed by atoms with Crippen molar-refractivity contribution in [2.45, 2.75) is 24.0 Å². The Morgan fingerprint density at radius 3 is 2.06 bits per heavy atom. The van der Waals surface area contributed by atoms with Crippen LogP contribution in [0.25, 0.3) is 16.8 Å². The predicted molar refractivity (Wildman–Crippen MR) is 200 cm³/mol. The summed E-state index contributed by atoms with van der Waals surface area (Å²) in [4.78, 5) is 41.4. The van der Waals surface area contributed by atoms with E-state index in [1.54, 1.807) is 42.5 Å². The fraction of sp³-hybridized carbons (Fsp3) is 0.0714. The molecule has 0 aliphatic heterocycles. The average molecular weight is 662 g/mol. The Balaban J connectivity index is 1.23. The lowest BCUT2D eigenvalue weighted by molar-refractivity contribution is -0.116. The molecule has 1 unspecified atom stereocenters. The first-order chi connectivity index (χ1) is 23.9. The van der Waals surface area contributed by atoms with E-state index in [4.69, 9.17) is 0 Å². The van der Waals surface area contributed by atoms with Gasteiger partial charge in [-0.1, -0.05) is 103 Å². The van der Waals surface area contributed by atoms with Crippen LogP contribution in [0.5, 0.6) is 0 Å². The number of aryl methyl sites for hydroxylation is 1. The van der Waals surface area contributed by atoms with Gasteiger partial charge in [0.2, 0.25) is 5.91 Å². The van der Waals surface area contributed by atoms with Gasteiger partial charge in [0.25, 0.3) is 11.8 Å². The van der Waals surface area contributed by atoms with Gasteiger partial charge in [-0.15, -0.1) is 11.8 Å². The summed E-state index contributed by atoms with van der Waals surface area (Å²) in [5, 5.41) is 10.4. The van der Waals surface area contributed by atoms with Crippen LogP contribution in [0.4, 0.5) is 11.4 Å². The van der Waals surface area contributed by atoms with E-state index in [0.717, 1.165) is 43.6 Å². The molecule has 49 heavy (non-hydrogen) atoms. The fourth-order valence-corrected chi connectivity index (χ4v) is 6.44. The van der Waals surface area contributed by atoms with E-state index in [-0.39, 0.29) is 17.5 Å². The summed E-state index contributed by atoms with van der Waals surface area (Å²) < 4.78 is 0. The number of carbonyl (C=O) groups is 3. The number of rotatable bonds is 10. The number of anilines is 2. The zero-order valence-electron chi connectivity index (χ0n) is 27.1. The maximum atomic E-state index is 13.7. The van der Waals surface area contributed by atoms with E-state index >= 15 is 0 Å². The van der Waals surface area contributed by atoms with Gasteiger partial charge in [-0.25, -0.2) is 0 Å². The minimum absolute atomic E-state index is 0.107. The number of nitrogens with one attached hydrogen (secondary N) is 3. The normalized spacial score (nSPS) is 11.8. The molecular weight excluding hydrogens is 627 g/mol. The summed E-state index contributed by atoms with van der Waals surface area (Å²) in [5.74, 6) is -0.979. The van der Waals surface area contributed by atoms with Crippen molar-refractivity contribution in [3.8, 4) is 0 Å². The molecule has 0 aliphatic rings. The highest BCUT2D eigenvalue weighted by Gasteiger charge is 2.23. The zero-order valence-corrected chi connectivity index (χ0v) is 28.0. The monoisotopic (exact) mass is 661 g/mol. The molecule has 0 saturated carbocycles. The average Bonchev–Trinajstić information content (AvgIpc) is 3.13. The molecule has 0 saturated heterocycles. The molecule has 0 radical (unpaired) electrons. The lowest BCUT2D eigenvalue weighted by Crippen LogP contribution is -2.30. The van der Waals surface area contributed by atoms with Crippen molar-refractivity contribution in [1.82, 2.24) is 5.32 Å². The minimum atomic E-state index is -0.509. The van der Waals surface area contributed by atoms with Crippen LogP contribution in [0.1, 0.15) is 37.9 Å². The third kappa shape index (κ3) is 8.15. The van der Waals surface area contributed by atoms with Crippen molar-refractivity contribution >= 4 is 57.7 Å². The molecule has 6 nitrogen and oxygen atoms in total. The summed E-state index contributed by atoms with van der Waals surface area (Å²) in [6.07, 6.45) is 1.70. The number of amides is 3. The Labute approximate surface area is 290 Å². The van der Waals surface area contributed by atoms with Gasteiger partial charge in [0.05, 0.1) is 0 Å². The van der Waals surface area contributed by atoms with Crippen LogP contribution in [0.15, 0.2) is 156 Å². The van der Waals surface area contributed by atoms with E-state index in [1.165, 1.54) is 11.8 Å². The van der Waals surface area contributed by atoms with Gasteiger partial charge in [-0.3, -0.25) is 14.4 Å². The molecule has 3 amide bonds. The third-order valence-corrected chi connectivity index (χ3v) is 9.49. The van der Waals surface area contributed by atoms with Crippen molar-refractivity contribution in [2.75, 3.05) is 10.6 Å². The predicted octanol–water partition coefficient (Wildman–Crippen LogP) is 9.34. The number of benzene rings is 6. The Morgan fingerprint density at radius 2 is 1.31 bits per heavy atom. The molecule has 6 aromatic rings. The van der Waals surface area contributed by atoms with E-state index < -0.39 is 11.2 Å². The van der Waals surface area contributed by atoms with Gasteiger partial charge in [-0.2, -0.15) is 0 Å². The summed E-state index contributed by atoms with van der Waals surface area (Å²) in [5.41, 5.74) is 5.70. The second kappa shape index (κ2) is 15.3. The van der Waals surface area contributed by atoms with Crippen LogP contribution in [-0.4, -0.2) is 17.7 Å². The Bertz CT molecular complexity index is 2140. The van der Waals surface area contributed by atoms with Crippen molar-refractivity contribution in [1.29, 1.82) is 0 Å². The van der Waals surface area contributed by atoms with Crippen molar-refractivity contribution in [3.05, 3.63) is 179 Å². The molecule has 0 spiro atoms. The maximum Gasteiger partial charge on any atom is 0.272 e. The summed E-state index contributed by atoms with van der Waals surface area (Å²) >= 11 is 1.43. The van der Waals surface area contributed by atoms with Crippen LogP contribution < -0.4 is 16.0 Å². The molecule has 0 aromatic heterocycles. The van der Waals surface area contributed by atoms with Gasteiger partial charge in [0, 0.05) is 21.8 Å². The van der Waals surface area contributed by atoms with Crippen LogP contribution in [-0.2, 0) is 9.59 Å². The first-order valence-electron chi connectivity index (χ1n) is 15.9. The van der Waals surface area contributed by atoms with E-state index in [1.807, 2.05) is 123 Å². The molecule has 0 heterocycles. The Hall–Kier alpha value is -5.92. The molecule has 0 bridgehead atoms. The summed E-state index contributed by atoms with van der Waals surface area (Å²) in [6.45, 7) is 4.02. The van der Waals surface area contributed by atoms with Crippen LogP contribution in [0.3, 0.4) is 0 Å². The smallest absolute Gasteiger partial charge is 0.272 e. The Kier molecular flexibility index (Phi) is 10.3. The maximum absolute atomic E-state index is 13.7. The van der Waals surface area contributed by atoms with Gasteiger partial charge in [0.15, 0.2) is 0 Å². The molecule has 0 aliphatic carbocycles. The highest BCUT2D eigenvalue weighted by Crippen LogP contribution is 2.37. The third-order valence-electron chi connectivity index (χ3n) is 8.22. The second-order valence-corrected chi connectivity index (χ2v) is 12.7. The molecule has 1 atom stereocenters. The minimum Gasteiger partial charge on any atom is -0.325 e. The lowest BCUT2D eigenvalue weighted by atomic mass is 10.0. The van der Waals surface area contributed by atoms with Gasteiger partial charge < -0.3 is 16.0 Å². The van der Waals surface area contributed by atoms with Crippen LogP contribution in [0.2, 0.25) is 0 Å². The molecule has 6 aromatic carbocycles. The zero-order chi connectivity index (χ0) is 34.2. The quantitative estimate of drug-likeness (QED) is 0.101. The lowest BCUT2D eigenvalue weighted by Gasteiger charge is -2.19. The van der Waals surface area contributed by atoms with E-state index in [9.17, 15) is 14.4 Å². The van der Waals surface area contributed by atoms with Crippen molar-refractivity contribution < 1.29 is 14.4 Å². The largest absolute Gasteiger partial charge is 0.325 e. The number of hydrogen-bond donors (Lipinski definition) is 3. The van der Waals surface area contributed by atoms with Crippen molar-refractivity contribution in [2.24, 2.45) is 0 Å². The van der Waals surface area contributed by atoms with Gasteiger partial charge >= 0.3 is 0 Å². The van der Waals surface area contributed by atoms with E-state index in [0.29, 0.717) is 11.3 Å². The number of fused-ring (bicyclic) bond motifs is 1. The molecule has 242 valence electrons. The van der Waals surface area contributed by atoms with Crippen molar-refractivity contribution in [3.63, 3.8) is 0 Å². The number of hydrogen-bond acceptors (Lipinski definition) is 4. The van der Waals surface area contributed by atoms with Crippen LogP contribution in [0, 0.1) is 13.8 Å². The van der Waals surface area contributed by atoms with Gasteiger partial charge in [0.1, 0.15) is 10.9 Å². The molecule has 3 N–H and O–H groups in total. The topological polar surface area (TPSA) is 87.3 Å². The van der Waals surface area contributed by atoms with Crippen LogP contribution >= 0.6 is 11.8 Å². The number of carbonyl (C=O) groups excluding carboxylic acids is 3. The second-order valence-electron chi connectivity index (χ2n) is 11.6.